The Hall–Kier alpha value is -2.63. The smallest absolute Gasteiger partial charge is 0.267 e. The van der Waals surface area contributed by atoms with E-state index in [1.165, 1.54) is 11.3 Å². The molecule has 2 N–H and O–H groups in total. The Morgan fingerprint density at radius 1 is 0.833 bits per heavy atom. The minimum Gasteiger partial charge on any atom is -0.267 e. The zero-order chi connectivity index (χ0) is 16.9. The summed E-state index contributed by atoms with van der Waals surface area (Å²) in [4.78, 5) is 25.5. The Bertz CT molecular complexity index is 877. The molecule has 0 radical (unpaired) electrons. The molecule has 0 bridgehead atoms. The number of amides is 2. The predicted molar refractivity (Wildman–Crippen MR) is 96.1 cm³/mol. The van der Waals surface area contributed by atoms with Gasteiger partial charge in [0.25, 0.3) is 11.8 Å². The van der Waals surface area contributed by atoms with Gasteiger partial charge in [-0.3, -0.25) is 20.4 Å². The first-order chi connectivity index (χ1) is 11.6. The highest BCUT2D eigenvalue weighted by Gasteiger charge is 2.12. The van der Waals surface area contributed by atoms with Gasteiger partial charge in [0.1, 0.15) is 0 Å². The number of rotatable bonds is 3. The molecule has 0 unspecified atom stereocenters. The van der Waals surface area contributed by atoms with E-state index in [0.717, 1.165) is 10.4 Å². The van der Waals surface area contributed by atoms with Gasteiger partial charge in [-0.2, -0.15) is 0 Å². The maximum Gasteiger partial charge on any atom is 0.279 e. The lowest BCUT2D eigenvalue weighted by Crippen LogP contribution is -2.41. The van der Waals surface area contributed by atoms with E-state index in [-0.39, 0.29) is 11.8 Å². The molecule has 3 rings (SSSR count). The van der Waals surface area contributed by atoms with Crippen molar-refractivity contribution in [2.75, 3.05) is 0 Å². The van der Waals surface area contributed by atoms with E-state index >= 15 is 0 Å². The summed E-state index contributed by atoms with van der Waals surface area (Å²) in [6.07, 6.45) is 0. The Balaban J connectivity index is 1.65. The van der Waals surface area contributed by atoms with Crippen molar-refractivity contribution in [3.8, 4) is 10.4 Å². The van der Waals surface area contributed by atoms with E-state index in [9.17, 15) is 9.59 Å². The molecule has 1 heterocycles. The average Bonchev–Trinajstić information content (AvgIpc) is 3.10. The molecule has 0 saturated heterocycles. The zero-order valence-corrected chi connectivity index (χ0v) is 14.0. The van der Waals surface area contributed by atoms with Crippen LogP contribution in [0.3, 0.4) is 0 Å². The molecular weight excluding hydrogens is 344 g/mol. The van der Waals surface area contributed by atoms with Gasteiger partial charge in [-0.15, -0.1) is 11.3 Å². The van der Waals surface area contributed by atoms with Crippen molar-refractivity contribution >= 4 is 34.8 Å². The first kappa shape index (κ1) is 16.2. The summed E-state index contributed by atoms with van der Waals surface area (Å²) in [6, 6.07) is 19.7. The maximum absolute atomic E-state index is 12.2. The van der Waals surface area contributed by atoms with Gasteiger partial charge in [0.15, 0.2) is 0 Å². The normalized spacial score (nSPS) is 10.2. The van der Waals surface area contributed by atoms with Crippen molar-refractivity contribution in [1.82, 2.24) is 10.9 Å². The van der Waals surface area contributed by atoms with Crippen molar-refractivity contribution in [2.45, 2.75) is 0 Å². The van der Waals surface area contributed by atoms with Crippen molar-refractivity contribution in [2.24, 2.45) is 0 Å². The molecule has 120 valence electrons. The van der Waals surface area contributed by atoms with Crippen LogP contribution >= 0.6 is 22.9 Å². The first-order valence-corrected chi connectivity index (χ1v) is 8.34. The molecule has 0 aliphatic carbocycles. The molecule has 2 amide bonds. The average molecular weight is 357 g/mol. The van der Waals surface area contributed by atoms with Gasteiger partial charge in [-0.25, -0.2) is 0 Å². The molecule has 0 atom stereocenters. The van der Waals surface area contributed by atoms with Crippen LogP contribution in [0.4, 0.5) is 0 Å². The van der Waals surface area contributed by atoms with Crippen molar-refractivity contribution in [3.63, 3.8) is 0 Å². The van der Waals surface area contributed by atoms with Gasteiger partial charge >= 0.3 is 0 Å². The molecule has 4 nitrogen and oxygen atoms in total. The molecule has 0 fully saturated rings. The van der Waals surface area contributed by atoms with Gasteiger partial charge in [0.2, 0.25) is 0 Å². The van der Waals surface area contributed by atoms with Crippen LogP contribution < -0.4 is 10.9 Å². The van der Waals surface area contributed by atoms with Crippen LogP contribution in [-0.4, -0.2) is 11.8 Å². The third kappa shape index (κ3) is 3.82. The number of halogens is 1. The first-order valence-electron chi connectivity index (χ1n) is 7.15. The quantitative estimate of drug-likeness (QED) is 0.693. The van der Waals surface area contributed by atoms with Gasteiger partial charge in [0, 0.05) is 15.5 Å². The van der Waals surface area contributed by atoms with Crippen LogP contribution in [0.15, 0.2) is 66.7 Å². The molecule has 24 heavy (non-hydrogen) atoms. The molecular formula is C18H13ClN2O2S. The second-order valence-corrected chi connectivity index (χ2v) is 6.47. The Morgan fingerprint density at radius 3 is 2.33 bits per heavy atom. The van der Waals surface area contributed by atoms with Crippen LogP contribution in [0.25, 0.3) is 10.4 Å². The lowest BCUT2D eigenvalue weighted by atomic mass is 10.2. The number of hydrogen-bond donors (Lipinski definition) is 2. The molecule has 2 aromatic carbocycles. The van der Waals surface area contributed by atoms with Crippen LogP contribution in [0.5, 0.6) is 0 Å². The zero-order valence-electron chi connectivity index (χ0n) is 12.5. The Kier molecular flexibility index (Phi) is 4.93. The van der Waals surface area contributed by atoms with E-state index in [2.05, 4.69) is 10.9 Å². The summed E-state index contributed by atoms with van der Waals surface area (Å²) in [6.45, 7) is 0. The minimum absolute atomic E-state index is 0.363. The largest absolute Gasteiger partial charge is 0.279 e. The fraction of sp³-hybridized carbons (Fsp3) is 0. The maximum atomic E-state index is 12.2. The number of thiophene rings is 1. The number of carbonyl (C=O) groups excluding carboxylic acids is 2. The summed E-state index contributed by atoms with van der Waals surface area (Å²) < 4.78 is 0. The van der Waals surface area contributed by atoms with Crippen molar-refractivity contribution in [1.29, 1.82) is 0 Å². The van der Waals surface area contributed by atoms with E-state index in [1.807, 2.05) is 30.3 Å². The number of nitrogens with one attached hydrogen (secondary N) is 2. The van der Waals surface area contributed by atoms with Crippen molar-refractivity contribution in [3.05, 3.63) is 82.2 Å². The fourth-order valence-corrected chi connectivity index (χ4v) is 3.18. The number of benzene rings is 2. The number of hydrazine groups is 1. The second-order valence-electron chi connectivity index (χ2n) is 4.95. The highest BCUT2D eigenvalue weighted by atomic mass is 35.5. The molecule has 1 aromatic heterocycles. The fourth-order valence-electron chi connectivity index (χ4n) is 2.09. The molecule has 6 heteroatoms. The van der Waals surface area contributed by atoms with E-state index < -0.39 is 0 Å². The second kappa shape index (κ2) is 7.29. The monoisotopic (exact) mass is 356 g/mol. The lowest BCUT2D eigenvalue weighted by molar-refractivity contribution is 0.0849. The molecule has 3 aromatic rings. The van der Waals surface area contributed by atoms with E-state index in [0.29, 0.717) is 15.5 Å². The third-order valence-corrected chi connectivity index (χ3v) is 4.63. The van der Waals surface area contributed by atoms with Gasteiger partial charge in [-0.05, 0) is 42.0 Å². The predicted octanol–water partition coefficient (Wildman–Crippen LogP) is 4.14. The number of hydrogen-bond acceptors (Lipinski definition) is 3. The molecule has 0 aliphatic heterocycles. The van der Waals surface area contributed by atoms with Crippen LogP contribution in [0.2, 0.25) is 5.02 Å². The number of carbonyl (C=O) groups is 2. The van der Waals surface area contributed by atoms with Crippen LogP contribution in [0.1, 0.15) is 20.0 Å². The van der Waals surface area contributed by atoms with Gasteiger partial charge in [0.05, 0.1) is 4.88 Å². The van der Waals surface area contributed by atoms with Crippen LogP contribution in [0, 0.1) is 0 Å². The standard InChI is InChI=1S/C18H13ClN2O2S/c19-14-8-4-7-13(11-14)15-9-10-16(24-15)18(23)21-20-17(22)12-5-2-1-3-6-12/h1-11H,(H,20,22)(H,21,23). The third-order valence-electron chi connectivity index (χ3n) is 3.26. The SMILES string of the molecule is O=C(NNC(=O)c1ccc(-c2cccc(Cl)c2)s1)c1ccccc1. The summed E-state index contributed by atoms with van der Waals surface area (Å²) >= 11 is 7.31. The summed E-state index contributed by atoms with van der Waals surface area (Å²) in [7, 11) is 0. The summed E-state index contributed by atoms with van der Waals surface area (Å²) in [5.41, 5.74) is 6.24. The molecule has 0 aliphatic rings. The highest BCUT2D eigenvalue weighted by Crippen LogP contribution is 2.29. The van der Waals surface area contributed by atoms with Crippen LogP contribution in [-0.2, 0) is 0 Å². The summed E-state index contributed by atoms with van der Waals surface area (Å²) in [5.74, 6) is -0.729. The minimum atomic E-state index is -0.365. The molecule has 0 spiro atoms. The topological polar surface area (TPSA) is 58.2 Å². The van der Waals surface area contributed by atoms with E-state index in [1.54, 1.807) is 36.4 Å². The Labute approximate surface area is 148 Å². The van der Waals surface area contributed by atoms with Crippen molar-refractivity contribution < 1.29 is 9.59 Å². The molecule has 0 saturated carbocycles. The van der Waals surface area contributed by atoms with Gasteiger partial charge < -0.3 is 0 Å². The lowest BCUT2D eigenvalue weighted by Gasteiger charge is -2.06. The van der Waals surface area contributed by atoms with E-state index in [4.69, 9.17) is 11.6 Å². The summed E-state index contributed by atoms with van der Waals surface area (Å²) in [5, 5.41) is 0.641. The highest BCUT2D eigenvalue weighted by molar-refractivity contribution is 7.17. The Morgan fingerprint density at radius 2 is 1.58 bits per heavy atom. The van der Waals surface area contributed by atoms with Gasteiger partial charge in [-0.1, -0.05) is 41.9 Å².